The standard InChI is InChI=1S/C24H18BrF3N4O2/c1-32-10-8-15(14-32)22-13-19(7-9-29-22)34-18-4-2-3-16(11-18)30-23(33)31-17-5-6-21(25)20(12-17)24(26,27)28/h2-14H,1H3,(H2,30,31,33). The van der Waals surface area contributed by atoms with Crippen molar-refractivity contribution in [3.05, 3.63) is 89.3 Å². The number of alkyl halides is 3. The molecule has 4 aromatic rings. The van der Waals surface area contributed by atoms with E-state index in [0.29, 0.717) is 17.2 Å². The minimum atomic E-state index is -4.55. The Kier molecular flexibility index (Phi) is 6.60. The highest BCUT2D eigenvalue weighted by Gasteiger charge is 2.33. The van der Waals surface area contributed by atoms with Crippen molar-refractivity contribution in [1.82, 2.24) is 9.55 Å². The molecule has 0 bridgehead atoms. The van der Waals surface area contributed by atoms with Crippen LogP contribution in [0.5, 0.6) is 11.5 Å². The first kappa shape index (κ1) is 23.4. The first-order chi connectivity index (χ1) is 16.2. The Labute approximate surface area is 201 Å². The van der Waals surface area contributed by atoms with Gasteiger partial charge in [0.2, 0.25) is 0 Å². The molecule has 174 valence electrons. The molecule has 10 heteroatoms. The topological polar surface area (TPSA) is 68.2 Å². The molecule has 0 saturated heterocycles. The average molecular weight is 531 g/mol. The molecule has 2 N–H and O–H groups in total. The normalized spacial score (nSPS) is 11.2. The third kappa shape index (κ3) is 5.76. The maximum Gasteiger partial charge on any atom is 0.417 e. The predicted molar refractivity (Wildman–Crippen MR) is 127 cm³/mol. The van der Waals surface area contributed by atoms with E-state index in [4.69, 9.17) is 4.74 Å². The second-order valence-electron chi connectivity index (χ2n) is 7.34. The number of ether oxygens (including phenoxy) is 1. The number of rotatable bonds is 5. The Morgan fingerprint density at radius 1 is 1.00 bits per heavy atom. The lowest BCUT2D eigenvalue weighted by Crippen LogP contribution is -2.20. The molecule has 0 aliphatic rings. The van der Waals surface area contributed by atoms with E-state index in [1.54, 1.807) is 42.6 Å². The second-order valence-corrected chi connectivity index (χ2v) is 8.20. The molecule has 0 unspecified atom stereocenters. The quantitative estimate of drug-likeness (QED) is 0.284. The first-order valence-electron chi connectivity index (χ1n) is 9.98. The van der Waals surface area contributed by atoms with Gasteiger partial charge in [-0.2, -0.15) is 13.2 Å². The van der Waals surface area contributed by atoms with E-state index < -0.39 is 17.8 Å². The fourth-order valence-electron chi connectivity index (χ4n) is 3.17. The summed E-state index contributed by atoms with van der Waals surface area (Å²) in [6.45, 7) is 0. The largest absolute Gasteiger partial charge is 0.457 e. The number of carbonyl (C=O) groups excluding carboxylic acids is 1. The summed E-state index contributed by atoms with van der Waals surface area (Å²) >= 11 is 2.87. The van der Waals surface area contributed by atoms with Crippen LogP contribution in [-0.2, 0) is 13.2 Å². The van der Waals surface area contributed by atoms with Crippen molar-refractivity contribution >= 4 is 33.3 Å². The Bertz CT molecular complexity index is 1340. The average Bonchev–Trinajstić information content (AvgIpc) is 3.21. The van der Waals surface area contributed by atoms with E-state index in [-0.39, 0.29) is 10.2 Å². The van der Waals surface area contributed by atoms with Crippen molar-refractivity contribution in [1.29, 1.82) is 0 Å². The summed E-state index contributed by atoms with van der Waals surface area (Å²) in [6, 6.07) is 14.9. The van der Waals surface area contributed by atoms with E-state index in [2.05, 4.69) is 31.5 Å². The zero-order valence-electron chi connectivity index (χ0n) is 17.7. The van der Waals surface area contributed by atoms with Crippen LogP contribution < -0.4 is 15.4 Å². The van der Waals surface area contributed by atoms with Crippen LogP contribution in [0, 0.1) is 0 Å². The van der Waals surface area contributed by atoms with Crippen molar-refractivity contribution in [2.45, 2.75) is 6.18 Å². The van der Waals surface area contributed by atoms with Crippen LogP contribution in [0.2, 0.25) is 0 Å². The van der Waals surface area contributed by atoms with Gasteiger partial charge in [0.05, 0.1) is 11.3 Å². The van der Waals surface area contributed by atoms with Gasteiger partial charge in [0, 0.05) is 59.2 Å². The van der Waals surface area contributed by atoms with Crippen LogP contribution in [0.3, 0.4) is 0 Å². The molecule has 6 nitrogen and oxygen atoms in total. The smallest absolute Gasteiger partial charge is 0.417 e. The van der Waals surface area contributed by atoms with Crippen LogP contribution in [0.15, 0.2) is 83.7 Å². The number of benzene rings is 2. The summed E-state index contributed by atoms with van der Waals surface area (Å²) in [4.78, 5) is 16.7. The Morgan fingerprint density at radius 3 is 2.44 bits per heavy atom. The Balaban J connectivity index is 1.44. The van der Waals surface area contributed by atoms with Gasteiger partial charge in [-0.25, -0.2) is 4.79 Å². The van der Waals surface area contributed by atoms with Gasteiger partial charge in [0.15, 0.2) is 0 Å². The molecule has 0 saturated carbocycles. The zero-order valence-corrected chi connectivity index (χ0v) is 19.3. The summed E-state index contributed by atoms with van der Waals surface area (Å²) in [5.41, 5.74) is 1.22. The molecule has 0 fully saturated rings. The van der Waals surface area contributed by atoms with Gasteiger partial charge in [0.25, 0.3) is 0 Å². The molecule has 2 amide bonds. The molecule has 0 aliphatic heterocycles. The highest BCUT2D eigenvalue weighted by atomic mass is 79.9. The van der Waals surface area contributed by atoms with Crippen LogP contribution in [-0.4, -0.2) is 15.6 Å². The van der Waals surface area contributed by atoms with Gasteiger partial charge in [-0.1, -0.05) is 22.0 Å². The van der Waals surface area contributed by atoms with E-state index in [1.165, 1.54) is 12.1 Å². The summed E-state index contributed by atoms with van der Waals surface area (Å²) < 4.78 is 47.0. The first-order valence-corrected chi connectivity index (χ1v) is 10.8. The number of aryl methyl sites for hydroxylation is 1. The van der Waals surface area contributed by atoms with E-state index in [9.17, 15) is 18.0 Å². The lowest BCUT2D eigenvalue weighted by atomic mass is 10.2. The van der Waals surface area contributed by atoms with Gasteiger partial charge in [-0.05, 0) is 42.5 Å². The second kappa shape index (κ2) is 9.60. The molecular weight excluding hydrogens is 513 g/mol. The number of halogens is 4. The molecular formula is C24H18BrF3N4O2. The predicted octanol–water partition coefficient (Wildman–Crippen LogP) is 7.30. The molecule has 2 heterocycles. The SMILES string of the molecule is Cn1ccc(-c2cc(Oc3cccc(NC(=O)Nc4ccc(Br)c(C(F)(F)F)c4)c3)ccn2)c1. The number of hydrogen-bond acceptors (Lipinski definition) is 3. The number of pyridine rings is 1. The van der Waals surface area contributed by atoms with Gasteiger partial charge >= 0.3 is 12.2 Å². The van der Waals surface area contributed by atoms with E-state index in [1.807, 2.05) is 30.1 Å². The maximum absolute atomic E-state index is 13.1. The zero-order chi connectivity index (χ0) is 24.3. The molecule has 0 radical (unpaired) electrons. The summed E-state index contributed by atoms with van der Waals surface area (Å²) in [5, 5.41) is 5.00. The minimum Gasteiger partial charge on any atom is -0.457 e. The minimum absolute atomic E-state index is 0.00524. The molecule has 2 aromatic carbocycles. The summed E-state index contributed by atoms with van der Waals surface area (Å²) in [7, 11) is 1.92. The number of nitrogens with one attached hydrogen (secondary N) is 2. The van der Waals surface area contributed by atoms with Crippen LogP contribution in [0.25, 0.3) is 11.3 Å². The van der Waals surface area contributed by atoms with Crippen molar-refractivity contribution in [3.8, 4) is 22.8 Å². The number of urea groups is 1. The molecule has 0 spiro atoms. The maximum atomic E-state index is 13.1. The highest BCUT2D eigenvalue weighted by Crippen LogP contribution is 2.36. The van der Waals surface area contributed by atoms with Gasteiger partial charge in [-0.3, -0.25) is 4.98 Å². The molecule has 0 atom stereocenters. The van der Waals surface area contributed by atoms with Crippen LogP contribution >= 0.6 is 15.9 Å². The lowest BCUT2D eigenvalue weighted by molar-refractivity contribution is -0.138. The van der Waals surface area contributed by atoms with E-state index >= 15 is 0 Å². The summed E-state index contributed by atoms with van der Waals surface area (Å²) in [6.07, 6.45) is 0.952. The highest BCUT2D eigenvalue weighted by molar-refractivity contribution is 9.10. The van der Waals surface area contributed by atoms with Crippen molar-refractivity contribution < 1.29 is 22.7 Å². The number of carbonyl (C=O) groups is 1. The van der Waals surface area contributed by atoms with Crippen molar-refractivity contribution in [2.75, 3.05) is 10.6 Å². The number of hydrogen-bond donors (Lipinski definition) is 2. The van der Waals surface area contributed by atoms with Crippen LogP contribution in [0.1, 0.15) is 5.56 Å². The Morgan fingerprint density at radius 2 is 1.74 bits per heavy atom. The van der Waals surface area contributed by atoms with Gasteiger partial charge in [0.1, 0.15) is 11.5 Å². The van der Waals surface area contributed by atoms with Crippen molar-refractivity contribution in [2.24, 2.45) is 7.05 Å². The third-order valence-corrected chi connectivity index (χ3v) is 5.41. The monoisotopic (exact) mass is 530 g/mol. The van der Waals surface area contributed by atoms with Crippen molar-refractivity contribution in [3.63, 3.8) is 0 Å². The van der Waals surface area contributed by atoms with Crippen LogP contribution in [0.4, 0.5) is 29.3 Å². The third-order valence-electron chi connectivity index (χ3n) is 4.72. The number of aromatic nitrogens is 2. The number of nitrogens with zero attached hydrogens (tertiary/aromatic N) is 2. The number of amides is 2. The molecule has 0 aliphatic carbocycles. The summed E-state index contributed by atoms with van der Waals surface area (Å²) in [5.74, 6) is 1.02. The molecule has 34 heavy (non-hydrogen) atoms. The molecule has 4 rings (SSSR count). The fourth-order valence-corrected chi connectivity index (χ4v) is 3.65. The Hall–Kier alpha value is -3.79. The lowest BCUT2D eigenvalue weighted by Gasteiger charge is -2.13. The van der Waals surface area contributed by atoms with Gasteiger partial charge in [-0.15, -0.1) is 0 Å². The van der Waals surface area contributed by atoms with Gasteiger partial charge < -0.3 is 19.9 Å². The fraction of sp³-hybridized carbons (Fsp3) is 0.0833. The number of anilines is 2. The molecule has 2 aromatic heterocycles. The van der Waals surface area contributed by atoms with E-state index in [0.717, 1.165) is 17.3 Å².